The van der Waals surface area contributed by atoms with E-state index in [0.717, 1.165) is 17.8 Å². The van der Waals surface area contributed by atoms with E-state index in [4.69, 9.17) is 0 Å². The third kappa shape index (κ3) is 2.73. The Morgan fingerprint density at radius 3 is 3.00 bits per heavy atom. The largest absolute Gasteiger partial charge is 0.433 e. The molecule has 5 rings (SSSR count). The summed E-state index contributed by atoms with van der Waals surface area (Å²) in [5.41, 5.74) is 2.96. The van der Waals surface area contributed by atoms with Crippen molar-refractivity contribution >= 4 is 11.3 Å². The minimum Gasteiger partial charge on any atom is -0.433 e. The molecule has 1 aliphatic heterocycles. The Morgan fingerprint density at radius 1 is 1.25 bits per heavy atom. The van der Waals surface area contributed by atoms with Gasteiger partial charge in [0.15, 0.2) is 5.75 Å². The molecule has 0 aliphatic carbocycles. The van der Waals surface area contributed by atoms with Crippen molar-refractivity contribution < 1.29 is 13.5 Å². The Morgan fingerprint density at radius 2 is 2.18 bits per heavy atom. The Kier molecular flexibility index (Phi) is 3.89. The van der Waals surface area contributed by atoms with Crippen molar-refractivity contribution in [3.8, 4) is 5.75 Å². The monoisotopic (exact) mass is 383 g/mol. The lowest BCUT2D eigenvalue weighted by atomic mass is 10.00. The molecule has 8 nitrogen and oxygen atoms in total. The maximum atomic E-state index is 12.8. The van der Waals surface area contributed by atoms with Crippen molar-refractivity contribution in [2.45, 2.75) is 19.1 Å². The number of nitrogens with zero attached hydrogens (tertiary/aromatic N) is 6. The number of fused-ring (bicyclic) bond motifs is 2. The number of ether oxygens (including phenoxy) is 1. The standard InChI is InChI=1S/C18H15F2N7O/c19-18(20)28-14-2-1-6-27-13(14)8-12(25-27)17-16-11(23-10-24-16)3-7-26(17)15-9-21-4-5-22-15/h1-2,4-6,8-10,17-18H,3,7H2,(H,23,24)/t17-/m1/s1. The second kappa shape index (κ2) is 6.55. The Labute approximate surface area is 157 Å². The highest BCUT2D eigenvalue weighted by atomic mass is 19.3. The molecule has 0 bridgehead atoms. The summed E-state index contributed by atoms with van der Waals surface area (Å²) in [6.07, 6.45) is 9.05. The Bertz CT molecular complexity index is 1110. The number of H-pyrrole nitrogens is 1. The van der Waals surface area contributed by atoms with Crippen LogP contribution in [0.4, 0.5) is 14.6 Å². The number of halogens is 2. The van der Waals surface area contributed by atoms with E-state index in [0.29, 0.717) is 23.6 Å². The lowest BCUT2D eigenvalue weighted by Gasteiger charge is -2.34. The molecule has 4 aromatic heterocycles. The predicted octanol–water partition coefficient (Wildman–Crippen LogP) is 2.60. The van der Waals surface area contributed by atoms with Crippen LogP contribution in [0, 0.1) is 0 Å². The van der Waals surface area contributed by atoms with Gasteiger partial charge in [-0.05, 0) is 18.2 Å². The average molecular weight is 383 g/mol. The third-order valence-corrected chi connectivity index (χ3v) is 4.75. The number of anilines is 1. The van der Waals surface area contributed by atoms with E-state index in [2.05, 4.69) is 34.7 Å². The molecule has 0 spiro atoms. The van der Waals surface area contributed by atoms with E-state index in [1.54, 1.807) is 43.2 Å². The molecule has 4 aromatic rings. The van der Waals surface area contributed by atoms with Crippen molar-refractivity contribution in [3.05, 3.63) is 66.4 Å². The van der Waals surface area contributed by atoms with Crippen molar-refractivity contribution in [2.24, 2.45) is 0 Å². The van der Waals surface area contributed by atoms with Gasteiger partial charge in [-0.3, -0.25) is 4.98 Å². The van der Waals surface area contributed by atoms with Crippen LogP contribution in [-0.2, 0) is 6.42 Å². The van der Waals surface area contributed by atoms with Crippen molar-refractivity contribution in [1.82, 2.24) is 29.5 Å². The third-order valence-electron chi connectivity index (χ3n) is 4.75. The molecule has 0 unspecified atom stereocenters. The van der Waals surface area contributed by atoms with Gasteiger partial charge < -0.3 is 14.6 Å². The number of hydrogen-bond acceptors (Lipinski definition) is 6. The molecule has 0 radical (unpaired) electrons. The number of rotatable bonds is 4. The molecular formula is C18H15F2N7O. The molecule has 0 saturated carbocycles. The minimum absolute atomic E-state index is 0.0698. The molecule has 0 saturated heterocycles. The van der Waals surface area contributed by atoms with Crippen molar-refractivity contribution in [2.75, 3.05) is 11.4 Å². The van der Waals surface area contributed by atoms with Crippen LogP contribution in [-0.4, -0.2) is 42.7 Å². The second-order valence-corrected chi connectivity index (χ2v) is 6.33. The summed E-state index contributed by atoms with van der Waals surface area (Å²) in [6.45, 7) is -2.22. The molecule has 1 N–H and O–H groups in total. The highest BCUT2D eigenvalue weighted by Gasteiger charge is 2.34. The fourth-order valence-corrected chi connectivity index (χ4v) is 3.60. The quantitative estimate of drug-likeness (QED) is 0.583. The normalized spacial score (nSPS) is 16.5. The van der Waals surface area contributed by atoms with E-state index in [9.17, 15) is 8.78 Å². The molecule has 5 heterocycles. The summed E-state index contributed by atoms with van der Waals surface area (Å²) in [5, 5.41) is 4.61. The van der Waals surface area contributed by atoms with Crippen LogP contribution in [0.1, 0.15) is 23.1 Å². The first-order valence-electron chi connectivity index (χ1n) is 8.68. The van der Waals surface area contributed by atoms with Gasteiger partial charge in [-0.25, -0.2) is 14.5 Å². The maximum absolute atomic E-state index is 12.8. The molecule has 142 valence electrons. The molecule has 28 heavy (non-hydrogen) atoms. The molecular weight excluding hydrogens is 368 g/mol. The second-order valence-electron chi connectivity index (χ2n) is 6.33. The van der Waals surface area contributed by atoms with E-state index in [1.165, 1.54) is 10.6 Å². The smallest absolute Gasteiger partial charge is 0.387 e. The maximum Gasteiger partial charge on any atom is 0.387 e. The number of pyridine rings is 1. The van der Waals surface area contributed by atoms with Gasteiger partial charge in [0.05, 0.1) is 23.9 Å². The number of aromatic amines is 1. The summed E-state index contributed by atoms with van der Waals surface area (Å²) in [6, 6.07) is 4.53. The fourth-order valence-electron chi connectivity index (χ4n) is 3.60. The number of aromatic nitrogens is 6. The van der Waals surface area contributed by atoms with Gasteiger partial charge in [-0.1, -0.05) is 0 Å². The topological polar surface area (TPSA) is 84.2 Å². The van der Waals surface area contributed by atoms with Gasteiger partial charge in [0.2, 0.25) is 0 Å². The van der Waals surface area contributed by atoms with Crippen LogP contribution in [0.3, 0.4) is 0 Å². The van der Waals surface area contributed by atoms with Crippen molar-refractivity contribution in [1.29, 1.82) is 0 Å². The van der Waals surface area contributed by atoms with E-state index < -0.39 is 6.61 Å². The number of nitrogens with one attached hydrogen (secondary N) is 1. The van der Waals surface area contributed by atoms with Gasteiger partial charge in [0.1, 0.15) is 17.4 Å². The zero-order valence-corrected chi connectivity index (χ0v) is 14.5. The zero-order chi connectivity index (χ0) is 19.1. The van der Waals surface area contributed by atoms with E-state index in [-0.39, 0.29) is 11.8 Å². The molecule has 0 amide bonds. The first kappa shape index (κ1) is 16.6. The summed E-state index contributed by atoms with van der Waals surface area (Å²) in [7, 11) is 0. The van der Waals surface area contributed by atoms with Crippen LogP contribution in [0.15, 0.2) is 49.3 Å². The number of alkyl halides is 2. The number of hydrogen-bond donors (Lipinski definition) is 1. The molecule has 0 aromatic carbocycles. The molecule has 1 aliphatic rings. The first-order chi connectivity index (χ1) is 13.7. The van der Waals surface area contributed by atoms with Gasteiger partial charge in [0.25, 0.3) is 0 Å². The van der Waals surface area contributed by atoms with Crippen LogP contribution in [0.5, 0.6) is 5.75 Å². The average Bonchev–Trinajstić information content (AvgIpc) is 3.34. The van der Waals surface area contributed by atoms with Gasteiger partial charge in [-0.2, -0.15) is 13.9 Å². The van der Waals surface area contributed by atoms with Gasteiger partial charge >= 0.3 is 6.61 Å². The van der Waals surface area contributed by atoms with Crippen LogP contribution in [0.2, 0.25) is 0 Å². The fraction of sp³-hybridized carbons (Fsp3) is 0.222. The Hall–Kier alpha value is -3.56. The molecule has 0 fully saturated rings. The van der Waals surface area contributed by atoms with Gasteiger partial charge in [0, 0.05) is 37.3 Å². The SMILES string of the molecule is FC(F)Oc1cccn2nc([C@@H]3c4nc[nH]c4CCN3c3cnccn3)cc12. The lowest BCUT2D eigenvalue weighted by Crippen LogP contribution is -2.37. The highest BCUT2D eigenvalue weighted by molar-refractivity contribution is 5.62. The first-order valence-corrected chi connectivity index (χ1v) is 8.68. The summed E-state index contributed by atoms with van der Waals surface area (Å²) < 4.78 is 31.7. The van der Waals surface area contributed by atoms with Gasteiger partial charge in [-0.15, -0.1) is 0 Å². The van der Waals surface area contributed by atoms with E-state index >= 15 is 0 Å². The van der Waals surface area contributed by atoms with Crippen LogP contribution < -0.4 is 9.64 Å². The molecule has 1 atom stereocenters. The minimum atomic E-state index is -2.91. The Balaban J connectivity index is 1.65. The zero-order valence-electron chi connectivity index (χ0n) is 14.5. The highest BCUT2D eigenvalue weighted by Crippen LogP contribution is 2.36. The van der Waals surface area contributed by atoms with E-state index in [1.807, 2.05) is 0 Å². The summed E-state index contributed by atoms with van der Waals surface area (Å²) >= 11 is 0. The lowest BCUT2D eigenvalue weighted by molar-refractivity contribution is -0.0490. The number of imidazole rings is 1. The van der Waals surface area contributed by atoms with Crippen molar-refractivity contribution in [3.63, 3.8) is 0 Å². The summed E-state index contributed by atoms with van der Waals surface area (Å²) in [4.78, 5) is 18.3. The van der Waals surface area contributed by atoms with Crippen LogP contribution >= 0.6 is 0 Å². The molecule has 10 heteroatoms. The predicted molar refractivity (Wildman–Crippen MR) is 95.3 cm³/mol. The van der Waals surface area contributed by atoms with Crippen LogP contribution in [0.25, 0.3) is 5.52 Å². The summed E-state index contributed by atoms with van der Waals surface area (Å²) in [5.74, 6) is 0.766.